The Morgan fingerprint density at radius 1 is 1.37 bits per heavy atom. The maximum Gasteiger partial charge on any atom is 0.296 e. The van der Waals surface area contributed by atoms with Gasteiger partial charge in [0, 0.05) is 5.56 Å². The largest absolute Gasteiger partial charge is 0.296 e. The van der Waals surface area contributed by atoms with Crippen molar-refractivity contribution in [2.24, 2.45) is 5.10 Å². The van der Waals surface area contributed by atoms with Gasteiger partial charge < -0.3 is 0 Å². The van der Waals surface area contributed by atoms with Crippen LogP contribution in [-0.4, -0.2) is 24.5 Å². The summed E-state index contributed by atoms with van der Waals surface area (Å²) in [6, 6.07) is 4.99. The van der Waals surface area contributed by atoms with Crippen LogP contribution >= 0.6 is 16.1 Å². The molecule has 1 aliphatic rings. The predicted molar refractivity (Wildman–Crippen MR) is 74.5 cm³/mol. The molecule has 2 N–H and O–H groups in total. The average molecular weight is 345 g/mol. The Kier molecular flexibility index (Phi) is 3.57. The Balaban J connectivity index is 2.76. The minimum atomic E-state index is -4.54. The van der Waals surface area contributed by atoms with E-state index < -0.39 is 20.8 Å². The molecule has 0 fully saturated rings. The molecule has 0 aliphatic heterocycles. The first kappa shape index (κ1) is 13.9. The lowest BCUT2D eigenvalue weighted by Gasteiger charge is -2.15. The number of ketones is 1. The fourth-order valence-electron chi connectivity index (χ4n) is 1.80. The average Bonchev–Trinajstić information content (AvgIpc) is 2.31. The number of aryl methyl sites for hydroxylation is 1. The quantitative estimate of drug-likeness (QED) is 0.483. The summed E-state index contributed by atoms with van der Waals surface area (Å²) in [6.07, 6.45) is 1.22. The zero-order valence-electron chi connectivity index (χ0n) is 9.71. The fourth-order valence-corrected chi connectivity index (χ4v) is 2.64. The minimum Gasteiger partial charge on any atom is -0.287 e. The van der Waals surface area contributed by atoms with Gasteiger partial charge in [-0.25, -0.2) is 4.45 Å². The van der Waals surface area contributed by atoms with E-state index in [1.54, 1.807) is 18.2 Å². The number of hydrogen-bond donors (Lipinski definition) is 2. The highest BCUT2D eigenvalue weighted by Gasteiger charge is 2.32. The number of Topliss-reactive ketones (excluding diaryl/α,β-unsaturated/α-hetero) is 1. The molecule has 1 aliphatic carbocycles. The molecule has 0 radical (unpaired) electrons. The molecule has 0 saturated heterocycles. The van der Waals surface area contributed by atoms with E-state index in [0.717, 1.165) is 5.56 Å². The van der Waals surface area contributed by atoms with Crippen molar-refractivity contribution in [1.82, 2.24) is 4.45 Å². The van der Waals surface area contributed by atoms with Crippen LogP contribution in [0.4, 0.5) is 0 Å². The number of hydrazone groups is 1. The molecule has 0 amide bonds. The molecule has 0 aromatic heterocycles. The van der Waals surface area contributed by atoms with Crippen molar-refractivity contribution in [2.75, 3.05) is 0 Å². The van der Waals surface area contributed by atoms with Gasteiger partial charge in [0.05, 0.1) is 16.1 Å². The number of carbonyl (C=O) groups is 1. The van der Waals surface area contributed by atoms with Gasteiger partial charge in [0.1, 0.15) is 4.91 Å². The molecule has 100 valence electrons. The number of benzene rings is 1. The van der Waals surface area contributed by atoms with Crippen molar-refractivity contribution in [3.8, 4) is 0 Å². The van der Waals surface area contributed by atoms with Gasteiger partial charge in [-0.15, -0.1) is 0 Å². The van der Waals surface area contributed by atoms with Crippen LogP contribution < -0.4 is 4.45 Å². The van der Waals surface area contributed by atoms with Gasteiger partial charge in [0.25, 0.3) is 10.1 Å². The molecule has 2 rings (SSSR count). The van der Waals surface area contributed by atoms with Crippen molar-refractivity contribution < 1.29 is 17.8 Å². The van der Waals surface area contributed by atoms with Crippen molar-refractivity contribution in [3.05, 3.63) is 39.8 Å². The third-order valence-corrected chi connectivity index (χ3v) is 3.66. The molecule has 0 spiro atoms. The number of halogens is 1. The van der Waals surface area contributed by atoms with Gasteiger partial charge in [-0.1, -0.05) is 23.8 Å². The second-order valence-corrected chi connectivity index (χ2v) is 5.69. The molecular formula is C11H9BrN2O4S. The number of allylic oxidation sites excluding steroid dienone is 1. The smallest absolute Gasteiger partial charge is 0.287 e. The molecule has 0 bridgehead atoms. The summed E-state index contributed by atoms with van der Waals surface area (Å²) in [4.78, 5) is 11.6. The number of rotatable bonds is 2. The number of fused-ring (bicyclic) bond motifs is 1. The van der Waals surface area contributed by atoms with Crippen molar-refractivity contribution in [1.29, 1.82) is 0 Å². The van der Waals surface area contributed by atoms with Crippen molar-refractivity contribution >= 4 is 43.8 Å². The monoisotopic (exact) mass is 344 g/mol. The number of carbonyl (C=O) groups excluding carboxylic acids is 1. The van der Waals surface area contributed by atoms with Crippen LogP contribution in [0, 0.1) is 6.92 Å². The van der Waals surface area contributed by atoms with Crippen molar-refractivity contribution in [3.63, 3.8) is 0 Å². The molecule has 0 saturated carbocycles. The second-order valence-electron chi connectivity index (χ2n) is 3.95. The first-order chi connectivity index (χ1) is 8.84. The summed E-state index contributed by atoms with van der Waals surface area (Å²) in [5.74, 6) is -0.572. The number of nitrogens with one attached hydrogen (secondary N) is 1. The number of nitrogens with zero attached hydrogens (tertiary/aromatic N) is 1. The van der Waals surface area contributed by atoms with Crippen LogP contribution in [0.3, 0.4) is 0 Å². The maximum atomic E-state index is 12.2. The lowest BCUT2D eigenvalue weighted by molar-refractivity contribution is 0.106. The standard InChI is InChI=1S/C11H9BrN2O4S/c1-6-2-3-8-7(4-6)5-9(19(16,17)18)10(11(8)15)13-14-12/h2-5,14H,1H3,(H,16,17,18)/b13-10-. The third kappa shape index (κ3) is 2.60. The van der Waals surface area contributed by atoms with Gasteiger partial charge >= 0.3 is 0 Å². The molecule has 6 nitrogen and oxygen atoms in total. The van der Waals surface area contributed by atoms with E-state index >= 15 is 0 Å². The molecule has 0 unspecified atom stereocenters. The number of hydrogen-bond acceptors (Lipinski definition) is 5. The normalized spacial score (nSPS) is 17.1. The van der Waals surface area contributed by atoms with Gasteiger partial charge in [-0.3, -0.25) is 9.35 Å². The molecule has 0 atom stereocenters. The van der Waals surface area contributed by atoms with E-state index in [4.69, 9.17) is 0 Å². The fraction of sp³-hybridized carbons (Fsp3) is 0.0909. The minimum absolute atomic E-state index is 0.333. The second kappa shape index (κ2) is 4.87. The Morgan fingerprint density at radius 2 is 2.05 bits per heavy atom. The molecule has 0 heterocycles. The van der Waals surface area contributed by atoms with Crippen LogP contribution in [0.1, 0.15) is 21.5 Å². The van der Waals surface area contributed by atoms with Crippen LogP contribution in [0.5, 0.6) is 0 Å². The third-order valence-electron chi connectivity index (χ3n) is 2.62. The molecule has 8 heteroatoms. The van der Waals surface area contributed by atoms with E-state index in [1.807, 2.05) is 6.92 Å². The summed E-state index contributed by atoms with van der Waals surface area (Å²) in [6.45, 7) is 1.81. The van der Waals surface area contributed by atoms with Crippen LogP contribution in [0.15, 0.2) is 28.2 Å². The Hall–Kier alpha value is -1.51. The lowest BCUT2D eigenvalue weighted by atomic mass is 9.93. The van der Waals surface area contributed by atoms with E-state index in [9.17, 15) is 17.8 Å². The van der Waals surface area contributed by atoms with Gasteiger partial charge in [-0.05, 0) is 18.6 Å². The molecule has 19 heavy (non-hydrogen) atoms. The van der Waals surface area contributed by atoms with E-state index in [0.29, 0.717) is 11.1 Å². The molecular weight excluding hydrogens is 336 g/mol. The summed E-state index contributed by atoms with van der Waals surface area (Å²) in [7, 11) is -4.54. The SMILES string of the molecule is Cc1ccc2c(c1)C=C(S(=O)(=O)O)/C(=N/NBr)C2=O. The molecule has 1 aromatic carbocycles. The van der Waals surface area contributed by atoms with Crippen LogP contribution in [0.25, 0.3) is 6.08 Å². The summed E-state index contributed by atoms with van der Waals surface area (Å²) < 4.78 is 34.0. The van der Waals surface area contributed by atoms with E-state index in [-0.39, 0.29) is 5.71 Å². The first-order valence-electron chi connectivity index (χ1n) is 5.13. The molecule has 1 aromatic rings. The highest BCUT2D eigenvalue weighted by molar-refractivity contribution is 9.08. The highest BCUT2D eigenvalue weighted by Crippen LogP contribution is 2.26. The lowest BCUT2D eigenvalue weighted by Crippen LogP contribution is -2.27. The summed E-state index contributed by atoms with van der Waals surface area (Å²) in [5.41, 5.74) is 1.28. The summed E-state index contributed by atoms with van der Waals surface area (Å²) in [5, 5.41) is 3.56. The Morgan fingerprint density at radius 3 is 2.63 bits per heavy atom. The van der Waals surface area contributed by atoms with Crippen molar-refractivity contribution in [2.45, 2.75) is 6.92 Å². The zero-order chi connectivity index (χ0) is 14.2. The maximum absolute atomic E-state index is 12.2. The van der Waals surface area contributed by atoms with Gasteiger partial charge in [-0.2, -0.15) is 13.5 Å². The van der Waals surface area contributed by atoms with Crippen LogP contribution in [0.2, 0.25) is 0 Å². The zero-order valence-corrected chi connectivity index (χ0v) is 12.1. The Bertz CT molecular complexity index is 722. The predicted octanol–water partition coefficient (Wildman–Crippen LogP) is 1.68. The first-order valence-corrected chi connectivity index (χ1v) is 7.36. The van der Waals surface area contributed by atoms with E-state index in [2.05, 4.69) is 25.7 Å². The topological polar surface area (TPSA) is 95.8 Å². The summed E-state index contributed by atoms with van der Waals surface area (Å²) >= 11 is 2.76. The highest BCUT2D eigenvalue weighted by atomic mass is 79.9. The van der Waals surface area contributed by atoms with Gasteiger partial charge in [0.15, 0.2) is 5.71 Å². The van der Waals surface area contributed by atoms with E-state index in [1.165, 1.54) is 6.08 Å². The Labute approximate surface area is 118 Å². The van der Waals surface area contributed by atoms with Gasteiger partial charge in [0.2, 0.25) is 5.78 Å². The van der Waals surface area contributed by atoms with Crippen LogP contribution in [-0.2, 0) is 10.1 Å².